The highest BCUT2D eigenvalue weighted by Gasteiger charge is 2.28. The van der Waals surface area contributed by atoms with Crippen molar-refractivity contribution in [1.82, 2.24) is 20.2 Å². The average Bonchev–Trinajstić information content (AvgIpc) is 3.20. The van der Waals surface area contributed by atoms with Crippen LogP contribution < -0.4 is 15.0 Å². The molecule has 1 aromatic carbocycles. The van der Waals surface area contributed by atoms with Crippen LogP contribution in [0.25, 0.3) is 11.3 Å². The molecule has 12 heteroatoms. The van der Waals surface area contributed by atoms with E-state index in [1.807, 2.05) is 4.90 Å². The lowest BCUT2D eigenvalue weighted by Crippen LogP contribution is -2.23. The first-order chi connectivity index (χ1) is 15.3. The highest BCUT2D eigenvalue weighted by atomic mass is 35.5. The van der Waals surface area contributed by atoms with Gasteiger partial charge < -0.3 is 20.1 Å². The Morgan fingerprint density at radius 1 is 1.28 bits per heavy atom. The van der Waals surface area contributed by atoms with Crippen molar-refractivity contribution >= 4 is 29.0 Å². The van der Waals surface area contributed by atoms with Crippen LogP contribution >= 0.6 is 11.6 Å². The molecule has 0 bridgehead atoms. The van der Waals surface area contributed by atoms with E-state index in [4.69, 9.17) is 11.6 Å². The summed E-state index contributed by atoms with van der Waals surface area (Å²) >= 11 is 4.74. The molecule has 0 saturated carbocycles. The number of benzene rings is 1. The molecule has 1 amide bonds. The van der Waals surface area contributed by atoms with E-state index in [-0.39, 0.29) is 11.3 Å². The Kier molecular flexibility index (Phi) is 6.10. The van der Waals surface area contributed by atoms with E-state index in [1.165, 1.54) is 43.0 Å². The number of ether oxygens (including phenoxy) is 1. The van der Waals surface area contributed by atoms with Crippen molar-refractivity contribution in [3.63, 3.8) is 0 Å². The Hall–Kier alpha value is -3.44. The van der Waals surface area contributed by atoms with Crippen LogP contribution in [-0.2, 0) is 0 Å². The van der Waals surface area contributed by atoms with Gasteiger partial charge in [0.25, 0.3) is 5.91 Å². The molecule has 4 rings (SSSR count). The summed E-state index contributed by atoms with van der Waals surface area (Å²) in [5, 5.41) is 20.4. The van der Waals surface area contributed by atoms with Gasteiger partial charge in [0.2, 0.25) is 0 Å². The number of hydrogen-bond donors (Lipinski definition) is 2. The number of rotatable bonds is 6. The van der Waals surface area contributed by atoms with Gasteiger partial charge in [-0.2, -0.15) is 0 Å². The number of β-amino-alcohol motifs (C(OH)–C–C–N with tert-alkyl or cyclic N) is 1. The zero-order valence-electron chi connectivity index (χ0n) is 16.5. The van der Waals surface area contributed by atoms with E-state index in [0.717, 1.165) is 0 Å². The van der Waals surface area contributed by atoms with Crippen LogP contribution in [0.4, 0.5) is 20.3 Å². The van der Waals surface area contributed by atoms with Crippen LogP contribution in [0.5, 0.6) is 5.75 Å². The summed E-state index contributed by atoms with van der Waals surface area (Å²) in [6, 6.07) is 6.92. The van der Waals surface area contributed by atoms with Gasteiger partial charge in [0.1, 0.15) is 23.6 Å². The molecule has 0 unspecified atom stereocenters. The van der Waals surface area contributed by atoms with Gasteiger partial charge in [-0.3, -0.25) is 4.79 Å². The van der Waals surface area contributed by atoms with Crippen molar-refractivity contribution < 1.29 is 23.4 Å². The van der Waals surface area contributed by atoms with Crippen molar-refractivity contribution in [2.45, 2.75) is 18.1 Å². The van der Waals surface area contributed by atoms with Crippen molar-refractivity contribution in [3.05, 3.63) is 54.6 Å². The molecule has 1 aliphatic heterocycles. The van der Waals surface area contributed by atoms with Crippen LogP contribution in [0.15, 0.2) is 49.1 Å². The summed E-state index contributed by atoms with van der Waals surface area (Å²) < 4.78 is 29.7. The number of aromatic nitrogens is 4. The molecular weight excluding hydrogens is 446 g/mol. The summed E-state index contributed by atoms with van der Waals surface area (Å²) in [6.07, 6.45) is 4.36. The second kappa shape index (κ2) is 8.97. The number of carbonyl (C=O) groups excluding carboxylic acids is 1. The van der Waals surface area contributed by atoms with Gasteiger partial charge in [0.05, 0.1) is 17.9 Å². The number of anilines is 2. The maximum Gasteiger partial charge on any atom is 0.487 e. The number of nitrogens with one attached hydrogen (secondary N) is 1. The zero-order chi connectivity index (χ0) is 22.7. The largest absolute Gasteiger partial charge is 0.487 e. The van der Waals surface area contributed by atoms with Gasteiger partial charge in [-0.05, 0) is 36.8 Å². The normalized spacial score (nSPS) is 16.1. The molecule has 32 heavy (non-hydrogen) atoms. The number of aliphatic hydroxyl groups excluding tert-OH is 1. The predicted octanol–water partition coefficient (Wildman–Crippen LogP) is 2.92. The molecule has 2 aromatic heterocycles. The minimum Gasteiger partial charge on any atom is -0.420 e. The Labute approximate surface area is 186 Å². The third-order valence-corrected chi connectivity index (χ3v) is 4.77. The third kappa shape index (κ3) is 5.24. The first-order valence-corrected chi connectivity index (χ1v) is 9.89. The number of amides is 1. The quantitative estimate of drug-likeness (QED) is 0.537. The highest BCUT2D eigenvalue weighted by Crippen LogP contribution is 2.31. The molecule has 0 aliphatic carbocycles. The Balaban J connectivity index is 1.57. The van der Waals surface area contributed by atoms with Crippen molar-refractivity contribution in [3.8, 4) is 17.0 Å². The average molecular weight is 463 g/mol. The molecule has 1 atom stereocenters. The Morgan fingerprint density at radius 3 is 2.69 bits per heavy atom. The summed E-state index contributed by atoms with van der Waals surface area (Å²) in [4.78, 5) is 23.1. The minimum absolute atomic E-state index is 0.153. The van der Waals surface area contributed by atoms with Gasteiger partial charge in [-0.1, -0.05) is 0 Å². The SMILES string of the molecule is O=C(Nc1ccc(OC(F)(F)Cl)cc1)c1cnc(N2CC[C@@H](O)C2)c(-c2cncnn2)c1. The number of hydrogen-bond acceptors (Lipinski definition) is 8. The van der Waals surface area contributed by atoms with Crippen LogP contribution in [0, 0.1) is 0 Å². The topological polar surface area (TPSA) is 113 Å². The molecule has 3 heterocycles. The van der Waals surface area contributed by atoms with Gasteiger partial charge in [-0.25, -0.2) is 9.97 Å². The molecule has 0 spiro atoms. The van der Waals surface area contributed by atoms with E-state index in [1.54, 1.807) is 6.07 Å². The molecule has 1 saturated heterocycles. The number of aliphatic hydroxyl groups is 1. The second-order valence-electron chi connectivity index (χ2n) is 7.00. The first-order valence-electron chi connectivity index (χ1n) is 9.52. The smallest absolute Gasteiger partial charge is 0.420 e. The Morgan fingerprint density at radius 2 is 2.06 bits per heavy atom. The van der Waals surface area contributed by atoms with Crippen molar-refractivity contribution in [2.24, 2.45) is 0 Å². The molecular formula is C20H17ClF2N6O3. The number of nitrogens with zero attached hydrogens (tertiary/aromatic N) is 5. The van der Waals surface area contributed by atoms with Crippen LogP contribution in [0.1, 0.15) is 16.8 Å². The molecule has 2 N–H and O–H groups in total. The molecule has 3 aromatic rings. The van der Waals surface area contributed by atoms with E-state index in [9.17, 15) is 18.7 Å². The fraction of sp³-hybridized carbons (Fsp3) is 0.250. The summed E-state index contributed by atoms with van der Waals surface area (Å²) in [5.41, 5.74) is -2.26. The van der Waals surface area contributed by atoms with Crippen LogP contribution in [-0.4, -0.2) is 55.9 Å². The Bertz CT molecular complexity index is 1100. The van der Waals surface area contributed by atoms with Gasteiger partial charge in [-0.15, -0.1) is 19.0 Å². The molecule has 1 aliphatic rings. The lowest BCUT2D eigenvalue weighted by Gasteiger charge is -2.20. The minimum atomic E-state index is -3.82. The molecule has 9 nitrogen and oxygen atoms in total. The van der Waals surface area contributed by atoms with E-state index >= 15 is 0 Å². The lowest BCUT2D eigenvalue weighted by molar-refractivity contribution is -0.0964. The van der Waals surface area contributed by atoms with Crippen LogP contribution in [0.2, 0.25) is 0 Å². The van der Waals surface area contributed by atoms with E-state index in [0.29, 0.717) is 42.3 Å². The van der Waals surface area contributed by atoms with E-state index < -0.39 is 17.6 Å². The van der Waals surface area contributed by atoms with Gasteiger partial charge >= 0.3 is 5.57 Å². The lowest BCUT2D eigenvalue weighted by atomic mass is 10.1. The molecule has 1 fully saturated rings. The summed E-state index contributed by atoms with van der Waals surface area (Å²) in [6.45, 7) is 1.02. The predicted molar refractivity (Wildman–Crippen MR) is 112 cm³/mol. The number of halogens is 3. The monoisotopic (exact) mass is 462 g/mol. The second-order valence-corrected chi connectivity index (χ2v) is 7.44. The third-order valence-electron chi connectivity index (χ3n) is 4.69. The maximum atomic E-state index is 12.8. The fourth-order valence-corrected chi connectivity index (χ4v) is 3.36. The summed E-state index contributed by atoms with van der Waals surface area (Å²) in [7, 11) is 0. The molecule has 0 radical (unpaired) electrons. The standard InChI is InChI=1S/C20H17ClF2N6O3/c21-20(22,23)32-15-3-1-13(2-4-15)27-19(31)12-7-16(17-9-24-11-26-28-17)18(25-8-12)29-6-5-14(30)10-29/h1-4,7-9,11,14,30H,5-6,10H2,(H,27,31)/t14-/m1/s1. The molecule has 166 valence electrons. The highest BCUT2D eigenvalue weighted by molar-refractivity contribution is 6.20. The van der Waals surface area contributed by atoms with Gasteiger partial charge in [0, 0.05) is 42.1 Å². The number of pyridine rings is 1. The van der Waals surface area contributed by atoms with Crippen molar-refractivity contribution in [2.75, 3.05) is 23.3 Å². The zero-order valence-corrected chi connectivity index (χ0v) is 17.2. The number of alkyl halides is 3. The summed E-state index contributed by atoms with van der Waals surface area (Å²) in [5.74, 6) is -0.0666. The van der Waals surface area contributed by atoms with Gasteiger partial charge in [0.15, 0.2) is 0 Å². The number of carbonyl (C=O) groups is 1. The van der Waals surface area contributed by atoms with E-state index in [2.05, 4.69) is 30.2 Å². The fourth-order valence-electron chi connectivity index (χ4n) is 3.27. The van der Waals surface area contributed by atoms with Crippen LogP contribution in [0.3, 0.4) is 0 Å². The van der Waals surface area contributed by atoms with Crippen molar-refractivity contribution in [1.29, 1.82) is 0 Å². The maximum absolute atomic E-state index is 12.8. The first kappa shape index (κ1) is 21.8.